The van der Waals surface area contributed by atoms with Gasteiger partial charge in [-0.25, -0.2) is 0 Å². The lowest BCUT2D eigenvalue weighted by molar-refractivity contribution is -0.216. The molecule has 0 aromatic carbocycles. The summed E-state index contributed by atoms with van der Waals surface area (Å²) in [6.07, 6.45) is 29.3. The molecule has 248 valence electrons. The van der Waals surface area contributed by atoms with Gasteiger partial charge in [0.05, 0.1) is 17.8 Å². The molecule has 3 aliphatic rings. The molecule has 0 spiro atoms. The number of ether oxygens (including phenoxy) is 1. The normalized spacial score (nSPS) is 37.9. The Hall–Kier alpha value is -2.54. The minimum atomic E-state index is -1.45. The molecule has 6 atom stereocenters. The molecule has 0 aromatic heterocycles. The quantitative estimate of drug-likeness (QED) is 0.147. The zero-order valence-corrected chi connectivity index (χ0v) is 29.3. The van der Waals surface area contributed by atoms with Crippen molar-refractivity contribution in [3.63, 3.8) is 0 Å². The number of aliphatic hydroxyl groups is 4. The van der Waals surface area contributed by atoms with Crippen molar-refractivity contribution in [1.82, 2.24) is 0 Å². The van der Waals surface area contributed by atoms with Gasteiger partial charge in [-0.2, -0.15) is 0 Å². The molecule has 0 radical (unpaired) electrons. The average molecular weight is 619 g/mol. The summed E-state index contributed by atoms with van der Waals surface area (Å²) in [6.45, 7) is 20.0. The maximum Gasteiger partial charge on any atom is 0.121 e. The molecule has 4 N–H and O–H groups in total. The second-order valence-corrected chi connectivity index (χ2v) is 15.4. The summed E-state index contributed by atoms with van der Waals surface area (Å²) in [5, 5.41) is 42.7. The van der Waals surface area contributed by atoms with Crippen molar-refractivity contribution in [2.75, 3.05) is 0 Å². The first-order valence-electron chi connectivity index (χ1n) is 16.3. The number of aliphatic hydroxyl groups excluding tert-OH is 2. The van der Waals surface area contributed by atoms with Crippen LogP contribution in [0.3, 0.4) is 0 Å². The van der Waals surface area contributed by atoms with E-state index in [1.165, 1.54) is 0 Å². The number of hydrogen-bond acceptors (Lipinski definition) is 5. The standard InChI is InChI=1S/C40H58O5/c1-29(17-13-19-31(3)21-23-39(44)35(5,6)25-33(41)27-37(39,9)43)15-11-12-16-30(2)18-14-20-32(4)22-24-40-36(7,8)26-34(42)28-38(40,10)45-40/h11-24,33-34,41-44H,25-28H2,1-10H3/b12-11+,17-13?,18-14+,23-21?,24-22+,29-15?,30-16+,31-19?,32-20+. The highest BCUT2D eigenvalue weighted by atomic mass is 16.6. The minimum Gasteiger partial charge on any atom is -0.393 e. The van der Waals surface area contributed by atoms with Crippen molar-refractivity contribution < 1.29 is 25.2 Å². The van der Waals surface area contributed by atoms with E-state index in [1.807, 2.05) is 70.2 Å². The SMILES string of the molecule is CC(C=CC1(O)C(C)(C)CC(O)CC1(C)O)=CC=CC(C)=C/C=C/C=C(C)/C=C/C=C(C)/C=C/C12OC1(C)CC(O)CC2(C)C. The van der Waals surface area contributed by atoms with Crippen LogP contribution in [0.15, 0.2) is 107 Å². The maximum absolute atomic E-state index is 11.4. The molecular weight excluding hydrogens is 560 g/mol. The van der Waals surface area contributed by atoms with Crippen molar-refractivity contribution in [2.45, 2.75) is 130 Å². The molecule has 0 amide bonds. The van der Waals surface area contributed by atoms with Gasteiger partial charge in [-0.3, -0.25) is 0 Å². The van der Waals surface area contributed by atoms with E-state index >= 15 is 0 Å². The zero-order valence-electron chi connectivity index (χ0n) is 29.3. The van der Waals surface area contributed by atoms with Gasteiger partial charge in [0.1, 0.15) is 16.8 Å². The van der Waals surface area contributed by atoms with Crippen molar-refractivity contribution >= 4 is 0 Å². The molecule has 1 aliphatic heterocycles. The molecule has 2 saturated carbocycles. The molecule has 3 rings (SSSR count). The average Bonchev–Trinajstić information content (AvgIpc) is 3.52. The summed E-state index contributed by atoms with van der Waals surface area (Å²) >= 11 is 0. The molecule has 0 bridgehead atoms. The van der Waals surface area contributed by atoms with Crippen LogP contribution >= 0.6 is 0 Å². The van der Waals surface area contributed by atoms with Gasteiger partial charge in [0.25, 0.3) is 0 Å². The van der Waals surface area contributed by atoms with Crippen LogP contribution in [0.4, 0.5) is 0 Å². The van der Waals surface area contributed by atoms with Crippen molar-refractivity contribution in [1.29, 1.82) is 0 Å². The fourth-order valence-corrected chi connectivity index (χ4v) is 7.48. The van der Waals surface area contributed by atoms with Gasteiger partial charge >= 0.3 is 0 Å². The molecule has 3 fully saturated rings. The highest BCUT2D eigenvalue weighted by Gasteiger charge is 2.74. The highest BCUT2D eigenvalue weighted by molar-refractivity contribution is 5.37. The van der Waals surface area contributed by atoms with E-state index in [0.29, 0.717) is 12.8 Å². The first-order chi connectivity index (χ1) is 20.7. The fourth-order valence-electron chi connectivity index (χ4n) is 7.48. The van der Waals surface area contributed by atoms with Crippen LogP contribution in [0, 0.1) is 10.8 Å². The Morgan fingerprint density at radius 3 is 1.47 bits per heavy atom. The van der Waals surface area contributed by atoms with Crippen molar-refractivity contribution in [2.24, 2.45) is 10.8 Å². The van der Waals surface area contributed by atoms with Crippen LogP contribution in [0.25, 0.3) is 0 Å². The summed E-state index contributed by atoms with van der Waals surface area (Å²) in [4.78, 5) is 0. The Kier molecular flexibility index (Phi) is 11.2. The highest BCUT2D eigenvalue weighted by Crippen LogP contribution is 2.66. The Labute approximate surface area is 272 Å². The molecule has 45 heavy (non-hydrogen) atoms. The Balaban J connectivity index is 1.52. The Morgan fingerprint density at radius 2 is 0.978 bits per heavy atom. The van der Waals surface area contributed by atoms with E-state index < -0.39 is 22.7 Å². The van der Waals surface area contributed by atoms with E-state index in [9.17, 15) is 20.4 Å². The van der Waals surface area contributed by atoms with Gasteiger partial charge in [-0.1, -0.05) is 123 Å². The summed E-state index contributed by atoms with van der Waals surface area (Å²) < 4.78 is 6.24. The summed E-state index contributed by atoms with van der Waals surface area (Å²) in [6, 6.07) is 0. The van der Waals surface area contributed by atoms with Crippen LogP contribution in [0.1, 0.15) is 94.9 Å². The first kappa shape index (κ1) is 36.9. The maximum atomic E-state index is 11.4. The molecular formula is C40H58O5. The third-order valence-corrected chi connectivity index (χ3v) is 10.2. The van der Waals surface area contributed by atoms with E-state index in [2.05, 4.69) is 71.1 Å². The third kappa shape index (κ3) is 8.25. The van der Waals surface area contributed by atoms with E-state index in [4.69, 9.17) is 4.74 Å². The first-order valence-corrected chi connectivity index (χ1v) is 16.3. The lowest BCUT2D eigenvalue weighted by Gasteiger charge is -2.54. The predicted octanol–water partition coefficient (Wildman–Crippen LogP) is 7.92. The van der Waals surface area contributed by atoms with Crippen LogP contribution in [0.5, 0.6) is 0 Å². The van der Waals surface area contributed by atoms with Gasteiger partial charge in [-0.05, 0) is 66.5 Å². The second-order valence-electron chi connectivity index (χ2n) is 15.4. The molecule has 5 heteroatoms. The van der Waals surface area contributed by atoms with Crippen molar-refractivity contribution in [3.05, 3.63) is 107 Å². The fraction of sp³-hybridized carbons (Fsp3) is 0.550. The number of rotatable bonds is 10. The zero-order chi connectivity index (χ0) is 33.9. The topological polar surface area (TPSA) is 93.5 Å². The lowest BCUT2D eigenvalue weighted by atomic mass is 9.57. The van der Waals surface area contributed by atoms with Crippen LogP contribution < -0.4 is 0 Å². The van der Waals surface area contributed by atoms with Gasteiger partial charge < -0.3 is 25.2 Å². The smallest absolute Gasteiger partial charge is 0.121 e. The van der Waals surface area contributed by atoms with Crippen LogP contribution in [-0.2, 0) is 4.74 Å². The summed E-state index contributed by atoms with van der Waals surface area (Å²) in [5.41, 5.74) is 0.0896. The van der Waals surface area contributed by atoms with Crippen LogP contribution in [-0.4, -0.2) is 55.0 Å². The molecule has 1 saturated heterocycles. The van der Waals surface area contributed by atoms with E-state index in [1.54, 1.807) is 13.0 Å². The second kappa shape index (κ2) is 13.7. The Morgan fingerprint density at radius 1 is 0.556 bits per heavy atom. The number of epoxide rings is 1. The lowest BCUT2D eigenvalue weighted by Crippen LogP contribution is -2.65. The van der Waals surface area contributed by atoms with Crippen LogP contribution in [0.2, 0.25) is 0 Å². The van der Waals surface area contributed by atoms with Gasteiger partial charge in [0.2, 0.25) is 0 Å². The minimum absolute atomic E-state index is 0.111. The number of fused-ring (bicyclic) bond motifs is 1. The van der Waals surface area contributed by atoms with Gasteiger partial charge in [0.15, 0.2) is 0 Å². The van der Waals surface area contributed by atoms with E-state index in [0.717, 1.165) is 28.7 Å². The number of hydrogen-bond donors (Lipinski definition) is 4. The Bertz CT molecular complexity index is 1340. The molecule has 1 heterocycles. The summed E-state index contributed by atoms with van der Waals surface area (Å²) in [7, 11) is 0. The monoisotopic (exact) mass is 618 g/mol. The molecule has 2 aliphatic carbocycles. The molecule has 5 nitrogen and oxygen atoms in total. The largest absolute Gasteiger partial charge is 0.393 e. The summed E-state index contributed by atoms with van der Waals surface area (Å²) in [5.74, 6) is 0. The van der Waals surface area contributed by atoms with Crippen molar-refractivity contribution in [3.8, 4) is 0 Å². The third-order valence-electron chi connectivity index (χ3n) is 10.2. The predicted molar refractivity (Wildman–Crippen MR) is 187 cm³/mol. The van der Waals surface area contributed by atoms with E-state index in [-0.39, 0.29) is 29.1 Å². The molecule has 0 aromatic rings. The molecule has 6 unspecified atom stereocenters. The number of allylic oxidation sites excluding steroid dienone is 16. The van der Waals surface area contributed by atoms with Gasteiger partial charge in [0, 0.05) is 23.7 Å². The van der Waals surface area contributed by atoms with Gasteiger partial charge in [-0.15, -0.1) is 0 Å².